The van der Waals surface area contributed by atoms with Gasteiger partial charge in [-0.2, -0.15) is 5.10 Å². The molecule has 1 unspecified atom stereocenters. The van der Waals surface area contributed by atoms with E-state index in [1.54, 1.807) is 14.2 Å². The van der Waals surface area contributed by atoms with Gasteiger partial charge in [-0.25, -0.2) is 5.01 Å². The Balaban J connectivity index is 0.00000304. The predicted octanol–water partition coefficient (Wildman–Crippen LogP) is 3.40. The van der Waals surface area contributed by atoms with E-state index in [-0.39, 0.29) is 36.2 Å². The second-order valence-electron chi connectivity index (χ2n) is 9.94. The fraction of sp³-hybridized carbons (Fsp3) is 0.630. The number of allylic oxidation sites excluding steroid dienone is 2. The van der Waals surface area contributed by atoms with E-state index >= 15 is 0 Å². The molecule has 0 saturated carbocycles. The van der Waals surface area contributed by atoms with Crippen molar-refractivity contribution in [3.8, 4) is 11.5 Å². The molecule has 1 amide bonds. The zero-order chi connectivity index (χ0) is 24.4. The first kappa shape index (κ1) is 26.9. The van der Waals surface area contributed by atoms with Gasteiger partial charge in [-0.05, 0) is 50.8 Å². The van der Waals surface area contributed by atoms with E-state index < -0.39 is 0 Å². The number of rotatable bonds is 6. The van der Waals surface area contributed by atoms with Gasteiger partial charge in [0.15, 0.2) is 11.5 Å². The molecule has 8 nitrogen and oxygen atoms in total. The van der Waals surface area contributed by atoms with Crippen LogP contribution in [0, 0.1) is 11.8 Å². The van der Waals surface area contributed by atoms with Crippen LogP contribution in [-0.2, 0) is 9.53 Å². The third-order valence-electron chi connectivity index (χ3n) is 8.17. The number of likely N-dealkylation sites (tertiary alicyclic amines) is 1. The van der Waals surface area contributed by atoms with Crippen LogP contribution in [0.1, 0.15) is 38.2 Å². The Bertz CT molecular complexity index is 973. The number of halogens is 1. The highest BCUT2D eigenvalue weighted by atomic mass is 35.5. The number of hydrogen-bond acceptors (Lipinski definition) is 7. The Morgan fingerprint density at radius 1 is 0.944 bits per heavy atom. The van der Waals surface area contributed by atoms with Gasteiger partial charge < -0.3 is 14.2 Å². The molecule has 1 aromatic carbocycles. The third kappa shape index (κ3) is 5.28. The first-order valence-corrected chi connectivity index (χ1v) is 13.0. The van der Waals surface area contributed by atoms with Gasteiger partial charge in [0.05, 0.1) is 51.3 Å². The van der Waals surface area contributed by atoms with Gasteiger partial charge in [0.2, 0.25) is 5.91 Å². The van der Waals surface area contributed by atoms with Crippen molar-refractivity contribution in [1.82, 2.24) is 14.8 Å². The molecule has 1 aliphatic carbocycles. The van der Waals surface area contributed by atoms with Crippen molar-refractivity contribution < 1.29 is 19.0 Å². The highest BCUT2D eigenvalue weighted by molar-refractivity contribution is 6.07. The summed E-state index contributed by atoms with van der Waals surface area (Å²) < 4.78 is 16.5. The summed E-state index contributed by atoms with van der Waals surface area (Å²) in [5.41, 5.74) is 1.99. The van der Waals surface area contributed by atoms with Gasteiger partial charge in [0, 0.05) is 37.7 Å². The number of carbonyl (C=O) groups excluding carboxylic acids is 1. The average Bonchev–Trinajstić information content (AvgIpc) is 2.93. The molecule has 0 radical (unpaired) electrons. The standard InChI is InChI=1S/C27H38N4O4.ClH/c1-19(30-14-16-35-17-15-30)29-12-10-21(11-13-29)31-27(32)23-7-5-4-6-22(23)26(28-31)20-8-9-24(33-2)25(18-20)34-3;/h4-5,8-9,18-19,21-23H,6-7,10-17H2,1-3H3;1H/t19?,22-,23+;/m0./s1. The maximum Gasteiger partial charge on any atom is 0.247 e. The minimum absolute atomic E-state index is 0. The van der Waals surface area contributed by atoms with Gasteiger partial charge >= 0.3 is 0 Å². The number of hydrazone groups is 1. The summed E-state index contributed by atoms with van der Waals surface area (Å²) in [6.45, 7) is 7.85. The lowest BCUT2D eigenvalue weighted by molar-refractivity contribution is -0.142. The van der Waals surface area contributed by atoms with Crippen LogP contribution in [-0.4, -0.2) is 92.2 Å². The molecule has 3 atom stereocenters. The van der Waals surface area contributed by atoms with Gasteiger partial charge in [-0.1, -0.05) is 12.2 Å². The number of hydrogen-bond donors (Lipinski definition) is 0. The molecule has 9 heteroatoms. The first-order chi connectivity index (χ1) is 17.1. The number of fused-ring (bicyclic) bond motifs is 1. The van der Waals surface area contributed by atoms with Crippen LogP contribution in [0.25, 0.3) is 0 Å². The predicted molar refractivity (Wildman–Crippen MR) is 142 cm³/mol. The lowest BCUT2D eigenvalue weighted by Gasteiger charge is -2.45. The topological polar surface area (TPSA) is 66.8 Å². The molecule has 2 saturated heterocycles. The highest BCUT2D eigenvalue weighted by Gasteiger charge is 2.43. The van der Waals surface area contributed by atoms with Crippen LogP contribution in [0.15, 0.2) is 35.5 Å². The molecule has 3 heterocycles. The van der Waals surface area contributed by atoms with Crippen molar-refractivity contribution in [2.75, 3.05) is 53.6 Å². The van der Waals surface area contributed by atoms with Gasteiger partial charge in [-0.3, -0.25) is 14.6 Å². The van der Waals surface area contributed by atoms with E-state index in [2.05, 4.69) is 28.9 Å². The molecule has 0 aromatic heterocycles. The molecule has 4 aliphatic rings. The summed E-state index contributed by atoms with van der Waals surface area (Å²) in [4.78, 5) is 18.7. The molecular formula is C27H39ClN4O4. The summed E-state index contributed by atoms with van der Waals surface area (Å²) >= 11 is 0. The quantitative estimate of drug-likeness (QED) is 0.538. The Morgan fingerprint density at radius 3 is 2.25 bits per heavy atom. The third-order valence-corrected chi connectivity index (χ3v) is 8.17. The number of piperidine rings is 1. The Morgan fingerprint density at radius 2 is 1.58 bits per heavy atom. The molecule has 3 aliphatic heterocycles. The molecule has 0 spiro atoms. The average molecular weight is 519 g/mol. The van der Waals surface area contributed by atoms with E-state index in [1.165, 1.54) is 0 Å². The number of morpholine rings is 1. The minimum atomic E-state index is -0.0501. The van der Waals surface area contributed by atoms with E-state index in [0.717, 1.165) is 76.4 Å². The van der Waals surface area contributed by atoms with E-state index in [1.807, 2.05) is 23.2 Å². The van der Waals surface area contributed by atoms with Crippen LogP contribution < -0.4 is 9.47 Å². The summed E-state index contributed by atoms with van der Waals surface area (Å²) in [7, 11) is 3.29. The normalized spacial score (nSPS) is 26.6. The molecule has 2 fully saturated rings. The van der Waals surface area contributed by atoms with Crippen LogP contribution in [0.4, 0.5) is 0 Å². The molecular weight excluding hydrogens is 480 g/mol. The van der Waals surface area contributed by atoms with Gasteiger partial charge in [-0.15, -0.1) is 12.4 Å². The maximum atomic E-state index is 13.6. The smallest absolute Gasteiger partial charge is 0.247 e. The largest absolute Gasteiger partial charge is 0.493 e. The molecule has 1 aromatic rings. The van der Waals surface area contributed by atoms with Crippen molar-refractivity contribution in [3.05, 3.63) is 35.9 Å². The van der Waals surface area contributed by atoms with Crippen molar-refractivity contribution in [2.24, 2.45) is 16.9 Å². The van der Waals surface area contributed by atoms with Crippen LogP contribution in [0.3, 0.4) is 0 Å². The van der Waals surface area contributed by atoms with Gasteiger partial charge in [0.1, 0.15) is 0 Å². The zero-order valence-electron chi connectivity index (χ0n) is 21.6. The Hall–Kier alpha value is -2.13. The van der Waals surface area contributed by atoms with Crippen molar-refractivity contribution in [2.45, 2.75) is 44.8 Å². The van der Waals surface area contributed by atoms with Crippen molar-refractivity contribution >= 4 is 24.0 Å². The van der Waals surface area contributed by atoms with Crippen molar-refractivity contribution in [1.29, 1.82) is 0 Å². The lowest BCUT2D eigenvalue weighted by atomic mass is 9.76. The number of methoxy groups -OCH3 is 2. The molecule has 0 bridgehead atoms. The van der Waals surface area contributed by atoms with Crippen molar-refractivity contribution in [3.63, 3.8) is 0 Å². The number of nitrogens with zero attached hydrogens (tertiary/aromatic N) is 4. The monoisotopic (exact) mass is 518 g/mol. The molecule has 0 N–H and O–H groups in total. The van der Waals surface area contributed by atoms with E-state index in [9.17, 15) is 4.79 Å². The summed E-state index contributed by atoms with van der Waals surface area (Å²) in [5.74, 6) is 1.62. The highest BCUT2D eigenvalue weighted by Crippen LogP contribution is 2.38. The number of carbonyl (C=O) groups is 1. The molecule has 198 valence electrons. The van der Waals surface area contributed by atoms with Crippen LogP contribution in [0.5, 0.6) is 11.5 Å². The lowest BCUT2D eigenvalue weighted by Crippen LogP contribution is -2.56. The fourth-order valence-corrected chi connectivity index (χ4v) is 6.01. The second-order valence-corrected chi connectivity index (χ2v) is 9.94. The summed E-state index contributed by atoms with van der Waals surface area (Å²) in [5, 5.41) is 6.89. The number of ether oxygens (including phenoxy) is 3. The maximum absolute atomic E-state index is 13.6. The fourth-order valence-electron chi connectivity index (χ4n) is 6.01. The number of amides is 1. The minimum Gasteiger partial charge on any atom is -0.493 e. The van der Waals surface area contributed by atoms with Gasteiger partial charge in [0.25, 0.3) is 0 Å². The van der Waals surface area contributed by atoms with Crippen LogP contribution in [0.2, 0.25) is 0 Å². The zero-order valence-corrected chi connectivity index (χ0v) is 22.4. The Labute approximate surface area is 220 Å². The van der Waals surface area contributed by atoms with Crippen LogP contribution >= 0.6 is 12.4 Å². The van der Waals surface area contributed by atoms with E-state index in [4.69, 9.17) is 19.3 Å². The molecule has 5 rings (SSSR count). The SMILES string of the molecule is COc1ccc(C2=NN(C3CCN(C(C)N4CCOCC4)CC3)C(=O)[C@@H]3CC=CC[C@H]23)cc1OC.Cl. The number of benzene rings is 1. The van der Waals surface area contributed by atoms with E-state index in [0.29, 0.717) is 17.7 Å². The first-order valence-electron chi connectivity index (χ1n) is 13.0. The summed E-state index contributed by atoms with van der Waals surface area (Å²) in [6, 6.07) is 6.10. The molecule has 36 heavy (non-hydrogen) atoms. The second kappa shape index (κ2) is 11.9. The summed E-state index contributed by atoms with van der Waals surface area (Å²) in [6.07, 6.45) is 8.24. The Kier molecular flexibility index (Phi) is 8.93.